The number of hydrogen-bond acceptors (Lipinski definition) is 3. The van der Waals surface area contributed by atoms with Crippen LogP contribution in [0.5, 0.6) is 0 Å². The molecule has 3 rings (SSSR count). The molecule has 0 aromatic carbocycles. The molecule has 1 heterocycles. The van der Waals surface area contributed by atoms with Crippen LogP contribution in [0.25, 0.3) is 0 Å². The van der Waals surface area contributed by atoms with Gasteiger partial charge in [0.1, 0.15) is 0 Å². The van der Waals surface area contributed by atoms with Crippen LogP contribution in [0.4, 0.5) is 0 Å². The van der Waals surface area contributed by atoms with Gasteiger partial charge in [-0.1, -0.05) is 13.8 Å². The van der Waals surface area contributed by atoms with E-state index in [1.807, 2.05) is 13.8 Å². The molecule has 1 aliphatic heterocycles. The Bertz CT molecular complexity index is 376. The van der Waals surface area contributed by atoms with Gasteiger partial charge in [0.05, 0.1) is 0 Å². The van der Waals surface area contributed by atoms with Gasteiger partial charge in [-0.2, -0.15) is 0 Å². The van der Waals surface area contributed by atoms with Crippen LogP contribution in [0, 0.1) is 11.8 Å². The zero-order valence-electron chi connectivity index (χ0n) is 13.8. The molecule has 4 nitrogen and oxygen atoms in total. The zero-order valence-corrected chi connectivity index (χ0v) is 13.8. The van der Waals surface area contributed by atoms with E-state index < -0.39 is 0 Å². The van der Waals surface area contributed by atoms with Gasteiger partial charge in [-0.25, -0.2) is 0 Å². The summed E-state index contributed by atoms with van der Waals surface area (Å²) in [6, 6.07) is 1.75. The first-order valence-electron chi connectivity index (χ1n) is 8.80. The van der Waals surface area contributed by atoms with Crippen LogP contribution in [0.3, 0.4) is 0 Å². The van der Waals surface area contributed by atoms with Crippen LogP contribution < -0.4 is 5.32 Å². The Hall–Kier alpha value is -0.610. The van der Waals surface area contributed by atoms with Crippen molar-refractivity contribution in [3.8, 4) is 0 Å². The van der Waals surface area contributed by atoms with Crippen LogP contribution in [0.1, 0.15) is 46.0 Å². The number of carbonyl (C=O) groups excluding carboxylic acids is 1. The predicted octanol–water partition coefficient (Wildman–Crippen LogP) is 1.71. The van der Waals surface area contributed by atoms with Gasteiger partial charge in [0.2, 0.25) is 5.91 Å². The third-order valence-electron chi connectivity index (χ3n) is 5.19. The average molecular weight is 293 g/mol. The summed E-state index contributed by atoms with van der Waals surface area (Å²) in [7, 11) is 2.21. The molecule has 0 spiro atoms. The summed E-state index contributed by atoms with van der Waals surface area (Å²) >= 11 is 0. The van der Waals surface area contributed by atoms with E-state index in [9.17, 15) is 4.79 Å². The van der Waals surface area contributed by atoms with Crippen LogP contribution in [-0.2, 0) is 4.79 Å². The highest BCUT2D eigenvalue weighted by Gasteiger charge is 2.42. The second-order valence-corrected chi connectivity index (χ2v) is 7.69. The summed E-state index contributed by atoms with van der Waals surface area (Å²) in [4.78, 5) is 17.4. The van der Waals surface area contributed by atoms with Crippen LogP contribution in [0.15, 0.2) is 0 Å². The fourth-order valence-corrected chi connectivity index (χ4v) is 3.64. The molecule has 21 heavy (non-hydrogen) atoms. The van der Waals surface area contributed by atoms with Crippen molar-refractivity contribution in [2.75, 3.05) is 26.7 Å². The Morgan fingerprint density at radius 3 is 2.52 bits per heavy atom. The molecule has 0 bridgehead atoms. The first kappa shape index (κ1) is 15.3. The lowest BCUT2D eigenvalue weighted by molar-refractivity contribution is -0.140. The first-order valence-corrected chi connectivity index (χ1v) is 8.80. The lowest BCUT2D eigenvalue weighted by Gasteiger charge is -2.44. The molecule has 3 fully saturated rings. The van der Waals surface area contributed by atoms with Crippen molar-refractivity contribution >= 4 is 5.91 Å². The molecule has 0 aromatic heterocycles. The van der Waals surface area contributed by atoms with Crippen molar-refractivity contribution in [3.05, 3.63) is 0 Å². The standard InChI is InChI=1S/C17H31N3O/c1-12(2)17(21)20(15-6-7-15)16-8-9-19(3)11-13(16)10-18-14-4-5-14/h12-16,18H,4-11H2,1-3H3. The van der Waals surface area contributed by atoms with Crippen molar-refractivity contribution < 1.29 is 4.79 Å². The minimum absolute atomic E-state index is 0.127. The van der Waals surface area contributed by atoms with Crippen LogP contribution >= 0.6 is 0 Å². The van der Waals surface area contributed by atoms with Crippen molar-refractivity contribution in [2.45, 2.75) is 64.1 Å². The highest BCUT2D eigenvalue weighted by molar-refractivity contribution is 5.79. The van der Waals surface area contributed by atoms with Crippen LogP contribution in [-0.4, -0.2) is 60.5 Å². The van der Waals surface area contributed by atoms with E-state index in [1.165, 1.54) is 25.7 Å². The number of nitrogens with one attached hydrogen (secondary N) is 1. The van der Waals surface area contributed by atoms with Gasteiger partial charge >= 0.3 is 0 Å². The highest BCUT2D eigenvalue weighted by Crippen LogP contribution is 2.35. The molecule has 0 radical (unpaired) electrons. The number of piperidine rings is 1. The van der Waals surface area contributed by atoms with E-state index in [0.717, 1.165) is 32.1 Å². The maximum absolute atomic E-state index is 12.7. The quantitative estimate of drug-likeness (QED) is 0.810. The van der Waals surface area contributed by atoms with Crippen LogP contribution in [0.2, 0.25) is 0 Å². The van der Waals surface area contributed by atoms with E-state index >= 15 is 0 Å². The van der Waals surface area contributed by atoms with E-state index in [4.69, 9.17) is 0 Å². The molecule has 0 aromatic rings. The smallest absolute Gasteiger partial charge is 0.225 e. The third-order valence-corrected chi connectivity index (χ3v) is 5.19. The zero-order chi connectivity index (χ0) is 15.0. The molecule has 2 unspecified atom stereocenters. The van der Waals surface area contributed by atoms with E-state index in [-0.39, 0.29) is 5.92 Å². The maximum Gasteiger partial charge on any atom is 0.225 e. The molecule has 1 N–H and O–H groups in total. The third kappa shape index (κ3) is 3.78. The van der Waals surface area contributed by atoms with Crippen molar-refractivity contribution in [1.82, 2.24) is 15.1 Å². The topological polar surface area (TPSA) is 35.6 Å². The highest BCUT2D eigenvalue weighted by atomic mass is 16.2. The molecule has 1 saturated heterocycles. The number of carbonyl (C=O) groups is 1. The van der Waals surface area contributed by atoms with Gasteiger partial charge in [-0.05, 0) is 45.7 Å². The Kier molecular flexibility index (Phi) is 4.55. The summed E-state index contributed by atoms with van der Waals surface area (Å²) in [5, 5.41) is 3.69. The fourth-order valence-electron chi connectivity index (χ4n) is 3.64. The largest absolute Gasteiger partial charge is 0.336 e. The summed E-state index contributed by atoms with van der Waals surface area (Å²) in [5.41, 5.74) is 0. The van der Waals surface area contributed by atoms with Crippen molar-refractivity contribution in [2.24, 2.45) is 11.8 Å². The molecule has 2 aliphatic carbocycles. The maximum atomic E-state index is 12.7. The summed E-state index contributed by atoms with van der Waals surface area (Å²) in [5.74, 6) is 1.10. The van der Waals surface area contributed by atoms with Gasteiger partial charge in [0.25, 0.3) is 0 Å². The molecule has 2 atom stereocenters. The second kappa shape index (κ2) is 6.25. The monoisotopic (exact) mass is 293 g/mol. The Morgan fingerprint density at radius 2 is 1.95 bits per heavy atom. The van der Waals surface area contributed by atoms with E-state index in [2.05, 4.69) is 22.2 Å². The Labute approximate surface area is 129 Å². The van der Waals surface area contributed by atoms with Crippen molar-refractivity contribution in [1.29, 1.82) is 0 Å². The summed E-state index contributed by atoms with van der Waals surface area (Å²) in [6.45, 7) is 7.42. The lowest BCUT2D eigenvalue weighted by Crippen LogP contribution is -2.56. The SMILES string of the molecule is CC(C)C(=O)N(C1CC1)C1CCN(C)CC1CNC1CC1. The van der Waals surface area contributed by atoms with Gasteiger partial charge in [0, 0.05) is 43.1 Å². The van der Waals surface area contributed by atoms with Gasteiger partial charge in [-0.15, -0.1) is 0 Å². The number of nitrogens with zero attached hydrogens (tertiary/aromatic N) is 2. The first-order chi connectivity index (χ1) is 10.1. The number of likely N-dealkylation sites (tertiary alicyclic amines) is 1. The van der Waals surface area contributed by atoms with E-state index in [0.29, 0.717) is 23.9 Å². The Balaban J connectivity index is 1.69. The fraction of sp³-hybridized carbons (Fsp3) is 0.941. The van der Waals surface area contributed by atoms with Gasteiger partial charge in [0.15, 0.2) is 0 Å². The van der Waals surface area contributed by atoms with E-state index in [1.54, 1.807) is 0 Å². The second-order valence-electron chi connectivity index (χ2n) is 7.69. The number of rotatable bonds is 6. The molecular weight excluding hydrogens is 262 g/mol. The molecule has 4 heteroatoms. The number of hydrogen-bond donors (Lipinski definition) is 1. The summed E-state index contributed by atoms with van der Waals surface area (Å²) in [6.07, 6.45) is 6.25. The minimum atomic E-state index is 0.127. The molecule has 1 amide bonds. The van der Waals surface area contributed by atoms with Gasteiger partial charge < -0.3 is 15.1 Å². The normalized spacial score (nSPS) is 30.7. The van der Waals surface area contributed by atoms with Gasteiger partial charge in [-0.3, -0.25) is 4.79 Å². The average Bonchev–Trinajstić information content (AvgIpc) is 3.32. The summed E-state index contributed by atoms with van der Waals surface area (Å²) < 4.78 is 0. The molecule has 2 saturated carbocycles. The molecule has 3 aliphatic rings. The molecule has 120 valence electrons. The van der Waals surface area contributed by atoms with Crippen molar-refractivity contribution in [3.63, 3.8) is 0 Å². The Morgan fingerprint density at radius 1 is 1.24 bits per heavy atom. The lowest BCUT2D eigenvalue weighted by atomic mass is 9.89. The number of amides is 1. The predicted molar refractivity (Wildman–Crippen MR) is 85.1 cm³/mol. The minimum Gasteiger partial charge on any atom is -0.336 e. The molecular formula is C17H31N3O.